The molecule has 3 rings (SSSR count). The summed E-state index contributed by atoms with van der Waals surface area (Å²) in [5.74, 6) is 0.367. The second-order valence-electron chi connectivity index (χ2n) is 9.62. The molecule has 0 atom stereocenters. The van der Waals surface area contributed by atoms with E-state index in [1.165, 1.54) is 18.2 Å². The summed E-state index contributed by atoms with van der Waals surface area (Å²) in [4.78, 5) is 11.2. The van der Waals surface area contributed by atoms with E-state index < -0.39 is 17.0 Å². The Bertz CT molecular complexity index is 937. The predicted octanol–water partition coefficient (Wildman–Crippen LogP) is 6.84. The number of esters is 1. The molecule has 0 saturated heterocycles. The largest absolute Gasteiger partial charge is 0.493 e. The zero-order valence-electron chi connectivity index (χ0n) is 19.1. The van der Waals surface area contributed by atoms with Gasteiger partial charge in [-0.2, -0.15) is 0 Å². The summed E-state index contributed by atoms with van der Waals surface area (Å²) in [6, 6.07) is 9.68. The van der Waals surface area contributed by atoms with E-state index in [1.807, 2.05) is 20.8 Å². The molecule has 1 saturated carbocycles. The topological polar surface area (TPSA) is 35.5 Å². The van der Waals surface area contributed by atoms with Gasteiger partial charge in [0, 0.05) is 11.6 Å². The zero-order valence-corrected chi connectivity index (χ0v) is 19.1. The van der Waals surface area contributed by atoms with Gasteiger partial charge < -0.3 is 9.47 Å². The molecule has 1 fully saturated rings. The maximum atomic E-state index is 14.7. The Morgan fingerprint density at radius 2 is 1.59 bits per heavy atom. The van der Waals surface area contributed by atoms with Crippen molar-refractivity contribution in [1.82, 2.24) is 0 Å². The van der Waals surface area contributed by atoms with Crippen LogP contribution in [0.15, 0.2) is 49.1 Å². The van der Waals surface area contributed by atoms with E-state index in [1.54, 1.807) is 24.3 Å². The average Bonchev–Trinajstić information content (AvgIpc) is 2.77. The normalized spacial score (nSPS) is 18.8. The van der Waals surface area contributed by atoms with E-state index in [4.69, 9.17) is 9.47 Å². The van der Waals surface area contributed by atoms with Gasteiger partial charge in [0.1, 0.15) is 17.4 Å². The summed E-state index contributed by atoms with van der Waals surface area (Å²) in [5.41, 5.74) is 0.768. The molecule has 172 valence electrons. The highest BCUT2D eigenvalue weighted by Crippen LogP contribution is 2.33. The first kappa shape index (κ1) is 24.0. The van der Waals surface area contributed by atoms with Crippen LogP contribution in [0.1, 0.15) is 52.0 Å². The third-order valence-electron chi connectivity index (χ3n) is 6.11. The van der Waals surface area contributed by atoms with Crippen molar-refractivity contribution in [3.63, 3.8) is 0 Å². The molecule has 0 spiro atoms. The van der Waals surface area contributed by atoms with E-state index in [0.29, 0.717) is 41.9 Å². The number of carbonyl (C=O) groups is 1. The summed E-state index contributed by atoms with van der Waals surface area (Å²) < 4.78 is 40.3. The van der Waals surface area contributed by atoms with E-state index in [-0.39, 0.29) is 11.5 Å². The molecule has 0 heterocycles. The maximum Gasteiger partial charge on any atom is 0.330 e. The second-order valence-corrected chi connectivity index (χ2v) is 9.62. The SMILES string of the molecule is C=CC(=O)OCC1CCC(COc2ccc(-c3cc(F)c(C(C)(C)C)cc3F)cc2)CC1. The number of ether oxygens (including phenoxy) is 2. The van der Waals surface area contributed by atoms with Crippen LogP contribution in [-0.4, -0.2) is 19.2 Å². The lowest BCUT2D eigenvalue weighted by Gasteiger charge is -2.28. The van der Waals surface area contributed by atoms with Gasteiger partial charge >= 0.3 is 5.97 Å². The summed E-state index contributed by atoms with van der Waals surface area (Å²) in [6.07, 6.45) is 5.26. The Balaban J connectivity index is 1.53. The second kappa shape index (κ2) is 10.3. The number of benzene rings is 2. The molecule has 2 aromatic rings. The fourth-order valence-corrected chi connectivity index (χ4v) is 4.11. The Kier molecular flexibility index (Phi) is 7.70. The van der Waals surface area contributed by atoms with Gasteiger partial charge in [0.15, 0.2) is 0 Å². The Hall–Kier alpha value is -2.69. The number of rotatable bonds is 7. The molecule has 3 nitrogen and oxygen atoms in total. The molecule has 32 heavy (non-hydrogen) atoms. The highest BCUT2D eigenvalue weighted by Gasteiger charge is 2.23. The van der Waals surface area contributed by atoms with Gasteiger partial charge in [0.25, 0.3) is 0 Å². The highest BCUT2D eigenvalue weighted by molar-refractivity contribution is 5.81. The van der Waals surface area contributed by atoms with E-state index in [2.05, 4.69) is 6.58 Å². The van der Waals surface area contributed by atoms with Crippen LogP contribution in [0, 0.1) is 23.5 Å². The van der Waals surface area contributed by atoms with Gasteiger partial charge in [-0.05, 0) is 78.3 Å². The molecule has 0 aromatic heterocycles. The first-order valence-corrected chi connectivity index (χ1v) is 11.2. The van der Waals surface area contributed by atoms with Crippen LogP contribution < -0.4 is 4.74 Å². The Morgan fingerprint density at radius 3 is 2.16 bits per heavy atom. The van der Waals surface area contributed by atoms with Gasteiger partial charge in [0.2, 0.25) is 0 Å². The van der Waals surface area contributed by atoms with Crippen LogP contribution in [0.25, 0.3) is 11.1 Å². The fourth-order valence-electron chi connectivity index (χ4n) is 4.11. The third-order valence-corrected chi connectivity index (χ3v) is 6.11. The lowest BCUT2D eigenvalue weighted by atomic mass is 9.83. The first-order valence-electron chi connectivity index (χ1n) is 11.2. The number of carbonyl (C=O) groups excluding carboxylic acids is 1. The van der Waals surface area contributed by atoms with E-state index >= 15 is 0 Å². The first-order chi connectivity index (χ1) is 15.2. The van der Waals surface area contributed by atoms with Crippen molar-refractivity contribution in [2.45, 2.75) is 51.9 Å². The molecule has 0 radical (unpaired) electrons. The minimum atomic E-state index is -0.462. The quantitative estimate of drug-likeness (QED) is 0.348. The number of hydrogen-bond acceptors (Lipinski definition) is 3. The van der Waals surface area contributed by atoms with Crippen molar-refractivity contribution in [3.8, 4) is 16.9 Å². The third kappa shape index (κ3) is 6.18. The van der Waals surface area contributed by atoms with Crippen molar-refractivity contribution < 1.29 is 23.0 Å². The summed E-state index contributed by atoms with van der Waals surface area (Å²) in [6.45, 7) is 10.1. The molecule has 0 unspecified atom stereocenters. The van der Waals surface area contributed by atoms with Crippen molar-refractivity contribution >= 4 is 5.97 Å². The molecule has 2 aromatic carbocycles. The molecule has 1 aliphatic rings. The minimum absolute atomic E-state index is 0.248. The van der Waals surface area contributed by atoms with Crippen LogP contribution in [-0.2, 0) is 14.9 Å². The van der Waals surface area contributed by atoms with Crippen LogP contribution in [0.5, 0.6) is 5.75 Å². The van der Waals surface area contributed by atoms with Crippen molar-refractivity contribution in [2.75, 3.05) is 13.2 Å². The fraction of sp³-hybridized carbons (Fsp3) is 0.444. The zero-order chi connectivity index (χ0) is 23.3. The summed E-state index contributed by atoms with van der Waals surface area (Å²) in [7, 11) is 0. The highest BCUT2D eigenvalue weighted by atomic mass is 19.1. The summed E-state index contributed by atoms with van der Waals surface area (Å²) >= 11 is 0. The van der Waals surface area contributed by atoms with Gasteiger partial charge in [-0.1, -0.05) is 39.5 Å². The van der Waals surface area contributed by atoms with Crippen molar-refractivity contribution in [3.05, 3.63) is 66.3 Å². The lowest BCUT2D eigenvalue weighted by Crippen LogP contribution is -2.23. The lowest BCUT2D eigenvalue weighted by molar-refractivity contribution is -0.139. The molecule has 0 bridgehead atoms. The number of hydrogen-bond donors (Lipinski definition) is 0. The van der Waals surface area contributed by atoms with Crippen LogP contribution >= 0.6 is 0 Å². The molecule has 0 aliphatic heterocycles. The molecular formula is C27H32F2O3. The van der Waals surface area contributed by atoms with Crippen LogP contribution in [0.4, 0.5) is 8.78 Å². The average molecular weight is 443 g/mol. The molecule has 1 aliphatic carbocycles. The number of halogens is 2. The predicted molar refractivity (Wildman–Crippen MR) is 123 cm³/mol. The minimum Gasteiger partial charge on any atom is -0.493 e. The Labute approximate surface area is 189 Å². The molecular weight excluding hydrogens is 410 g/mol. The molecule has 0 N–H and O–H groups in total. The molecule has 5 heteroatoms. The van der Waals surface area contributed by atoms with Gasteiger partial charge in [0.05, 0.1) is 13.2 Å². The van der Waals surface area contributed by atoms with E-state index in [0.717, 1.165) is 25.7 Å². The smallest absolute Gasteiger partial charge is 0.330 e. The van der Waals surface area contributed by atoms with Gasteiger partial charge in [-0.25, -0.2) is 13.6 Å². The van der Waals surface area contributed by atoms with Gasteiger partial charge in [-0.15, -0.1) is 0 Å². The van der Waals surface area contributed by atoms with Crippen LogP contribution in [0.3, 0.4) is 0 Å². The van der Waals surface area contributed by atoms with E-state index in [9.17, 15) is 13.6 Å². The standard InChI is InChI=1S/C27H32F2O3/c1-5-26(30)32-17-19-8-6-18(7-9-19)16-31-21-12-10-20(11-13-21)22-14-25(29)23(15-24(22)28)27(2,3)4/h5,10-15,18-19H,1,6-9,16-17H2,2-4H3. The van der Waals surface area contributed by atoms with Crippen molar-refractivity contribution in [2.24, 2.45) is 11.8 Å². The molecule has 0 amide bonds. The van der Waals surface area contributed by atoms with Gasteiger partial charge in [-0.3, -0.25) is 0 Å². The van der Waals surface area contributed by atoms with Crippen LogP contribution in [0.2, 0.25) is 0 Å². The van der Waals surface area contributed by atoms with Crippen molar-refractivity contribution in [1.29, 1.82) is 0 Å². The summed E-state index contributed by atoms with van der Waals surface area (Å²) in [5, 5.41) is 0. The Morgan fingerprint density at radius 1 is 1.00 bits per heavy atom. The maximum absolute atomic E-state index is 14.7. The monoisotopic (exact) mass is 442 g/mol.